The topological polar surface area (TPSA) is 39.6 Å². The standard InChI is InChI=1S/C12H21N3O/c1-10(16)12-6-5-11(9-13-12)15(4)8-7-14(2)3/h5-6,9-10,16H,7-8H2,1-4H3/t10-/m0/s1. The molecule has 0 amide bonds. The first kappa shape index (κ1) is 12.9. The molecule has 1 aromatic rings. The maximum atomic E-state index is 9.35. The van der Waals surface area contributed by atoms with Crippen LogP contribution in [-0.2, 0) is 0 Å². The molecule has 1 heterocycles. The first-order valence-corrected chi connectivity index (χ1v) is 5.50. The smallest absolute Gasteiger partial charge is 0.0931 e. The molecule has 4 heteroatoms. The molecular weight excluding hydrogens is 202 g/mol. The summed E-state index contributed by atoms with van der Waals surface area (Å²) in [5.74, 6) is 0. The molecule has 0 fully saturated rings. The minimum atomic E-state index is -0.499. The predicted molar refractivity (Wildman–Crippen MR) is 66.7 cm³/mol. The van der Waals surface area contributed by atoms with E-state index < -0.39 is 6.10 Å². The Morgan fingerprint density at radius 1 is 1.25 bits per heavy atom. The van der Waals surface area contributed by atoms with Crippen molar-refractivity contribution in [2.24, 2.45) is 0 Å². The normalized spacial score (nSPS) is 12.9. The average molecular weight is 223 g/mol. The lowest BCUT2D eigenvalue weighted by atomic mass is 10.2. The summed E-state index contributed by atoms with van der Waals surface area (Å²) in [5.41, 5.74) is 1.79. The number of nitrogens with zero attached hydrogens (tertiary/aromatic N) is 3. The molecule has 4 nitrogen and oxygen atoms in total. The van der Waals surface area contributed by atoms with Crippen LogP contribution in [0.5, 0.6) is 0 Å². The molecule has 1 rings (SSSR count). The summed E-state index contributed by atoms with van der Waals surface area (Å²) in [6.45, 7) is 3.69. The maximum absolute atomic E-state index is 9.35. The monoisotopic (exact) mass is 223 g/mol. The molecule has 1 atom stereocenters. The molecular formula is C12H21N3O. The van der Waals surface area contributed by atoms with Gasteiger partial charge in [-0.15, -0.1) is 0 Å². The SMILES string of the molecule is C[C@H](O)c1ccc(N(C)CCN(C)C)cn1. The number of aromatic nitrogens is 1. The number of likely N-dealkylation sites (N-methyl/N-ethyl adjacent to an activating group) is 2. The molecule has 0 aliphatic rings. The molecule has 0 unspecified atom stereocenters. The van der Waals surface area contributed by atoms with Gasteiger partial charge >= 0.3 is 0 Å². The zero-order valence-corrected chi connectivity index (χ0v) is 10.5. The van der Waals surface area contributed by atoms with Crippen LogP contribution < -0.4 is 4.90 Å². The molecule has 0 bridgehead atoms. The predicted octanol–water partition coefficient (Wildman–Crippen LogP) is 1.13. The largest absolute Gasteiger partial charge is 0.387 e. The van der Waals surface area contributed by atoms with Gasteiger partial charge in [0.25, 0.3) is 0 Å². The molecule has 0 saturated heterocycles. The summed E-state index contributed by atoms with van der Waals surface area (Å²) < 4.78 is 0. The highest BCUT2D eigenvalue weighted by atomic mass is 16.3. The highest BCUT2D eigenvalue weighted by Crippen LogP contribution is 2.14. The van der Waals surface area contributed by atoms with Crippen LogP contribution in [-0.4, -0.2) is 49.2 Å². The van der Waals surface area contributed by atoms with Gasteiger partial charge in [0.1, 0.15) is 0 Å². The van der Waals surface area contributed by atoms with Crippen molar-refractivity contribution in [3.05, 3.63) is 24.0 Å². The van der Waals surface area contributed by atoms with Crippen molar-refractivity contribution < 1.29 is 5.11 Å². The Kier molecular flexibility index (Phi) is 4.71. The van der Waals surface area contributed by atoms with Crippen molar-refractivity contribution in [3.63, 3.8) is 0 Å². The molecule has 0 saturated carbocycles. The molecule has 0 spiro atoms. The second kappa shape index (κ2) is 5.82. The average Bonchev–Trinajstić information content (AvgIpc) is 2.26. The molecule has 16 heavy (non-hydrogen) atoms. The Hall–Kier alpha value is -1.13. The van der Waals surface area contributed by atoms with E-state index in [9.17, 15) is 5.11 Å². The molecule has 0 aliphatic carbocycles. The van der Waals surface area contributed by atoms with Crippen molar-refractivity contribution in [3.8, 4) is 0 Å². The fourth-order valence-electron chi connectivity index (χ4n) is 1.35. The fraction of sp³-hybridized carbons (Fsp3) is 0.583. The number of aliphatic hydroxyl groups excluding tert-OH is 1. The summed E-state index contributed by atoms with van der Waals surface area (Å²) >= 11 is 0. The van der Waals surface area contributed by atoms with Gasteiger partial charge in [-0.05, 0) is 33.2 Å². The van der Waals surface area contributed by atoms with E-state index >= 15 is 0 Å². The first-order valence-electron chi connectivity index (χ1n) is 5.50. The fourth-order valence-corrected chi connectivity index (χ4v) is 1.35. The minimum Gasteiger partial charge on any atom is -0.387 e. The summed E-state index contributed by atoms with van der Waals surface area (Å²) in [5, 5.41) is 9.35. The third kappa shape index (κ3) is 3.79. The summed E-state index contributed by atoms with van der Waals surface area (Å²) in [6, 6.07) is 3.86. The summed E-state index contributed by atoms with van der Waals surface area (Å²) in [7, 11) is 6.16. The van der Waals surface area contributed by atoms with Crippen LogP contribution in [0.4, 0.5) is 5.69 Å². The van der Waals surface area contributed by atoms with E-state index in [2.05, 4.69) is 28.9 Å². The van der Waals surface area contributed by atoms with E-state index in [1.165, 1.54) is 0 Å². The first-order chi connectivity index (χ1) is 7.50. The number of pyridine rings is 1. The molecule has 90 valence electrons. The van der Waals surface area contributed by atoms with E-state index in [-0.39, 0.29) is 0 Å². The molecule has 0 radical (unpaired) electrons. The number of rotatable bonds is 5. The number of hydrogen-bond donors (Lipinski definition) is 1. The van der Waals surface area contributed by atoms with Gasteiger partial charge in [0.15, 0.2) is 0 Å². The van der Waals surface area contributed by atoms with Crippen molar-refractivity contribution >= 4 is 5.69 Å². The van der Waals surface area contributed by atoms with Gasteiger partial charge in [0, 0.05) is 20.1 Å². The van der Waals surface area contributed by atoms with Gasteiger partial charge in [0.2, 0.25) is 0 Å². The number of anilines is 1. The van der Waals surface area contributed by atoms with Crippen molar-refractivity contribution in [2.75, 3.05) is 39.1 Å². The lowest BCUT2D eigenvalue weighted by molar-refractivity contribution is 0.194. The van der Waals surface area contributed by atoms with Crippen LogP contribution >= 0.6 is 0 Å². The van der Waals surface area contributed by atoms with Gasteiger partial charge in [-0.3, -0.25) is 4.98 Å². The van der Waals surface area contributed by atoms with Gasteiger partial charge in [-0.25, -0.2) is 0 Å². The number of hydrogen-bond acceptors (Lipinski definition) is 4. The molecule has 1 aromatic heterocycles. The third-order valence-electron chi connectivity index (χ3n) is 2.52. The molecule has 1 N–H and O–H groups in total. The van der Waals surface area contributed by atoms with E-state index in [1.807, 2.05) is 19.2 Å². The third-order valence-corrected chi connectivity index (χ3v) is 2.52. The van der Waals surface area contributed by atoms with Crippen LogP contribution in [0, 0.1) is 0 Å². The zero-order chi connectivity index (χ0) is 12.1. The van der Waals surface area contributed by atoms with Crippen LogP contribution in [0.15, 0.2) is 18.3 Å². The highest BCUT2D eigenvalue weighted by Gasteiger charge is 2.05. The Balaban J connectivity index is 2.59. The van der Waals surface area contributed by atoms with E-state index in [0.29, 0.717) is 5.69 Å². The minimum absolute atomic E-state index is 0.499. The van der Waals surface area contributed by atoms with E-state index in [1.54, 1.807) is 13.1 Å². The number of aliphatic hydroxyl groups is 1. The lowest BCUT2D eigenvalue weighted by Crippen LogP contribution is -2.28. The van der Waals surface area contributed by atoms with Crippen LogP contribution in [0.25, 0.3) is 0 Å². The van der Waals surface area contributed by atoms with Crippen molar-refractivity contribution in [1.82, 2.24) is 9.88 Å². The lowest BCUT2D eigenvalue weighted by Gasteiger charge is -2.21. The Bertz CT molecular complexity index is 309. The van der Waals surface area contributed by atoms with Crippen LogP contribution in [0.2, 0.25) is 0 Å². The Morgan fingerprint density at radius 3 is 2.38 bits per heavy atom. The van der Waals surface area contributed by atoms with Crippen molar-refractivity contribution in [2.45, 2.75) is 13.0 Å². The Labute approximate surface area is 97.5 Å². The summed E-state index contributed by atoms with van der Waals surface area (Å²) in [6.07, 6.45) is 1.30. The van der Waals surface area contributed by atoms with Crippen LogP contribution in [0.3, 0.4) is 0 Å². The molecule has 0 aliphatic heterocycles. The van der Waals surface area contributed by atoms with Crippen molar-refractivity contribution in [1.29, 1.82) is 0 Å². The highest BCUT2D eigenvalue weighted by molar-refractivity contribution is 5.43. The Morgan fingerprint density at radius 2 is 1.94 bits per heavy atom. The quantitative estimate of drug-likeness (QED) is 0.812. The maximum Gasteiger partial charge on any atom is 0.0931 e. The van der Waals surface area contributed by atoms with E-state index in [4.69, 9.17) is 0 Å². The van der Waals surface area contributed by atoms with E-state index in [0.717, 1.165) is 18.8 Å². The molecule has 0 aromatic carbocycles. The summed E-state index contributed by atoms with van der Waals surface area (Å²) in [4.78, 5) is 8.52. The second-order valence-electron chi connectivity index (χ2n) is 4.34. The van der Waals surface area contributed by atoms with Gasteiger partial charge < -0.3 is 14.9 Å². The second-order valence-corrected chi connectivity index (χ2v) is 4.34. The van der Waals surface area contributed by atoms with Gasteiger partial charge in [0.05, 0.1) is 23.7 Å². The van der Waals surface area contributed by atoms with Gasteiger partial charge in [-0.1, -0.05) is 0 Å². The van der Waals surface area contributed by atoms with Gasteiger partial charge in [-0.2, -0.15) is 0 Å². The van der Waals surface area contributed by atoms with Crippen LogP contribution in [0.1, 0.15) is 18.7 Å². The zero-order valence-electron chi connectivity index (χ0n) is 10.5.